The molecule has 2 heteroatoms. The second kappa shape index (κ2) is 5.28. The van der Waals surface area contributed by atoms with Gasteiger partial charge in [-0.15, -0.1) is 11.3 Å². The zero-order valence-electron chi connectivity index (χ0n) is 9.39. The van der Waals surface area contributed by atoms with Crippen LogP contribution in [0.2, 0.25) is 0 Å². The van der Waals surface area contributed by atoms with Gasteiger partial charge in [0.05, 0.1) is 6.10 Å². The van der Waals surface area contributed by atoms with Crippen molar-refractivity contribution < 1.29 is 5.11 Å². The number of aliphatic hydroxyl groups excluding tert-OH is 1. The SMILES string of the molecule is Cc1cccc(C(O)CCc2cccs2)c1. The maximum absolute atomic E-state index is 10.0. The van der Waals surface area contributed by atoms with Crippen LogP contribution in [0.4, 0.5) is 0 Å². The Morgan fingerprint density at radius 2 is 2.12 bits per heavy atom. The van der Waals surface area contributed by atoms with Crippen LogP contribution in [0.15, 0.2) is 41.8 Å². The zero-order chi connectivity index (χ0) is 11.4. The number of hydrogen-bond acceptors (Lipinski definition) is 2. The summed E-state index contributed by atoms with van der Waals surface area (Å²) in [6.45, 7) is 2.05. The van der Waals surface area contributed by atoms with E-state index < -0.39 is 0 Å². The first kappa shape index (κ1) is 11.4. The Morgan fingerprint density at radius 3 is 2.81 bits per heavy atom. The van der Waals surface area contributed by atoms with Crippen molar-refractivity contribution >= 4 is 11.3 Å². The average Bonchev–Trinajstić information content (AvgIpc) is 2.78. The van der Waals surface area contributed by atoms with Crippen molar-refractivity contribution in [2.45, 2.75) is 25.9 Å². The molecule has 0 amide bonds. The molecule has 0 radical (unpaired) electrons. The summed E-state index contributed by atoms with van der Waals surface area (Å²) >= 11 is 1.75. The molecule has 84 valence electrons. The van der Waals surface area contributed by atoms with Gasteiger partial charge in [-0.25, -0.2) is 0 Å². The molecule has 0 aliphatic heterocycles. The molecule has 0 spiro atoms. The molecule has 2 aromatic rings. The Morgan fingerprint density at radius 1 is 1.25 bits per heavy atom. The molecular weight excluding hydrogens is 216 g/mol. The topological polar surface area (TPSA) is 20.2 Å². The van der Waals surface area contributed by atoms with Gasteiger partial charge in [0.15, 0.2) is 0 Å². The van der Waals surface area contributed by atoms with Crippen molar-refractivity contribution in [1.29, 1.82) is 0 Å². The van der Waals surface area contributed by atoms with Crippen LogP contribution in [0.3, 0.4) is 0 Å². The third-order valence-electron chi connectivity index (χ3n) is 2.67. The van der Waals surface area contributed by atoms with Crippen molar-refractivity contribution in [3.05, 3.63) is 57.8 Å². The maximum atomic E-state index is 10.0. The van der Waals surface area contributed by atoms with Gasteiger partial charge in [-0.2, -0.15) is 0 Å². The van der Waals surface area contributed by atoms with Crippen LogP contribution >= 0.6 is 11.3 Å². The minimum atomic E-state index is -0.345. The lowest BCUT2D eigenvalue weighted by Crippen LogP contribution is -1.99. The Hall–Kier alpha value is -1.12. The summed E-state index contributed by atoms with van der Waals surface area (Å²) in [7, 11) is 0. The molecule has 1 atom stereocenters. The molecule has 0 aliphatic carbocycles. The van der Waals surface area contributed by atoms with Crippen LogP contribution < -0.4 is 0 Å². The molecule has 0 bridgehead atoms. The van der Waals surface area contributed by atoms with Gasteiger partial charge in [0.2, 0.25) is 0 Å². The summed E-state index contributed by atoms with van der Waals surface area (Å²) in [5.41, 5.74) is 2.23. The standard InChI is InChI=1S/C14H16OS/c1-11-4-2-5-12(10-11)14(15)8-7-13-6-3-9-16-13/h2-6,9-10,14-15H,7-8H2,1H3. The molecule has 1 aromatic carbocycles. The highest BCUT2D eigenvalue weighted by molar-refractivity contribution is 7.09. The molecule has 16 heavy (non-hydrogen) atoms. The van der Waals surface area contributed by atoms with E-state index in [1.54, 1.807) is 11.3 Å². The molecule has 0 saturated carbocycles. The largest absolute Gasteiger partial charge is 0.388 e. The quantitative estimate of drug-likeness (QED) is 0.851. The number of thiophene rings is 1. The van der Waals surface area contributed by atoms with E-state index in [4.69, 9.17) is 0 Å². The van der Waals surface area contributed by atoms with Crippen molar-refractivity contribution in [3.63, 3.8) is 0 Å². The molecule has 0 saturated heterocycles. The number of aryl methyl sites for hydroxylation is 2. The normalized spacial score (nSPS) is 12.6. The summed E-state index contributed by atoms with van der Waals surface area (Å²) in [4.78, 5) is 1.34. The van der Waals surface area contributed by atoms with E-state index in [9.17, 15) is 5.11 Å². The summed E-state index contributed by atoms with van der Waals surface area (Å²) in [6, 6.07) is 12.3. The first-order valence-corrected chi connectivity index (χ1v) is 6.40. The Balaban J connectivity index is 1.95. The van der Waals surface area contributed by atoms with Crippen molar-refractivity contribution in [2.24, 2.45) is 0 Å². The third kappa shape index (κ3) is 2.94. The number of aliphatic hydroxyl groups is 1. The fourth-order valence-electron chi connectivity index (χ4n) is 1.78. The number of hydrogen-bond donors (Lipinski definition) is 1. The Bertz CT molecular complexity index is 434. The van der Waals surface area contributed by atoms with Gasteiger partial charge in [0.1, 0.15) is 0 Å². The van der Waals surface area contributed by atoms with Gasteiger partial charge >= 0.3 is 0 Å². The van der Waals surface area contributed by atoms with Gasteiger partial charge in [0.25, 0.3) is 0 Å². The molecule has 0 aliphatic rings. The predicted octanol–water partition coefficient (Wildman–Crippen LogP) is 3.72. The Kier molecular flexibility index (Phi) is 3.75. The minimum absolute atomic E-state index is 0.345. The first-order chi connectivity index (χ1) is 7.75. The highest BCUT2D eigenvalue weighted by Crippen LogP contribution is 2.21. The first-order valence-electron chi connectivity index (χ1n) is 5.53. The molecule has 2 rings (SSSR count). The van der Waals surface area contributed by atoms with Crippen LogP contribution in [0.1, 0.15) is 28.5 Å². The van der Waals surface area contributed by atoms with E-state index >= 15 is 0 Å². The molecule has 1 unspecified atom stereocenters. The van der Waals surface area contributed by atoms with E-state index in [1.807, 2.05) is 12.1 Å². The monoisotopic (exact) mass is 232 g/mol. The molecule has 1 heterocycles. The summed E-state index contributed by atoms with van der Waals surface area (Å²) in [6.07, 6.45) is 1.40. The van der Waals surface area contributed by atoms with Crippen LogP contribution in [0.5, 0.6) is 0 Å². The molecular formula is C14H16OS. The summed E-state index contributed by atoms with van der Waals surface area (Å²) in [5, 5.41) is 12.1. The van der Waals surface area contributed by atoms with E-state index in [2.05, 4.69) is 36.6 Å². The highest BCUT2D eigenvalue weighted by Gasteiger charge is 2.07. The van der Waals surface area contributed by atoms with Crippen LogP contribution in [0, 0.1) is 6.92 Å². The van der Waals surface area contributed by atoms with Crippen LogP contribution in [0.25, 0.3) is 0 Å². The number of benzene rings is 1. The lowest BCUT2D eigenvalue weighted by atomic mass is 10.0. The highest BCUT2D eigenvalue weighted by atomic mass is 32.1. The predicted molar refractivity (Wildman–Crippen MR) is 68.8 cm³/mol. The van der Waals surface area contributed by atoms with Gasteiger partial charge < -0.3 is 5.11 Å². The zero-order valence-corrected chi connectivity index (χ0v) is 10.2. The van der Waals surface area contributed by atoms with E-state index in [0.29, 0.717) is 0 Å². The third-order valence-corrected chi connectivity index (χ3v) is 3.61. The molecule has 1 aromatic heterocycles. The molecule has 0 fully saturated rings. The fourth-order valence-corrected chi connectivity index (χ4v) is 2.50. The van der Waals surface area contributed by atoms with E-state index in [0.717, 1.165) is 18.4 Å². The second-order valence-electron chi connectivity index (χ2n) is 4.05. The lowest BCUT2D eigenvalue weighted by Gasteiger charge is -2.10. The van der Waals surface area contributed by atoms with Gasteiger partial charge in [-0.1, -0.05) is 35.9 Å². The summed E-state index contributed by atoms with van der Waals surface area (Å²) < 4.78 is 0. The van der Waals surface area contributed by atoms with Gasteiger partial charge in [-0.05, 0) is 36.8 Å². The van der Waals surface area contributed by atoms with Crippen molar-refractivity contribution in [2.75, 3.05) is 0 Å². The Labute approximate surface area is 100 Å². The maximum Gasteiger partial charge on any atom is 0.0793 e. The van der Waals surface area contributed by atoms with Crippen LogP contribution in [-0.2, 0) is 6.42 Å². The smallest absolute Gasteiger partial charge is 0.0793 e. The molecule has 1 N–H and O–H groups in total. The number of rotatable bonds is 4. The summed E-state index contributed by atoms with van der Waals surface area (Å²) in [5.74, 6) is 0. The fraction of sp³-hybridized carbons (Fsp3) is 0.286. The van der Waals surface area contributed by atoms with Crippen molar-refractivity contribution in [1.82, 2.24) is 0 Å². The van der Waals surface area contributed by atoms with Gasteiger partial charge in [-0.3, -0.25) is 0 Å². The van der Waals surface area contributed by atoms with Crippen LogP contribution in [-0.4, -0.2) is 5.11 Å². The molecule has 1 nitrogen and oxygen atoms in total. The minimum Gasteiger partial charge on any atom is -0.388 e. The van der Waals surface area contributed by atoms with E-state index in [-0.39, 0.29) is 6.10 Å². The van der Waals surface area contributed by atoms with E-state index in [1.165, 1.54) is 10.4 Å². The van der Waals surface area contributed by atoms with Crippen molar-refractivity contribution in [3.8, 4) is 0 Å². The lowest BCUT2D eigenvalue weighted by molar-refractivity contribution is 0.168. The second-order valence-corrected chi connectivity index (χ2v) is 5.08. The van der Waals surface area contributed by atoms with Gasteiger partial charge in [0, 0.05) is 4.88 Å². The average molecular weight is 232 g/mol.